The third kappa shape index (κ3) is 6.20. The summed E-state index contributed by atoms with van der Waals surface area (Å²) in [6.07, 6.45) is 6.34. The van der Waals surface area contributed by atoms with Crippen LogP contribution < -0.4 is 5.32 Å². The predicted octanol–water partition coefficient (Wildman–Crippen LogP) is 0.0308. The van der Waals surface area contributed by atoms with E-state index in [1.54, 1.807) is 6.92 Å². The van der Waals surface area contributed by atoms with Crippen molar-refractivity contribution in [3.05, 3.63) is 0 Å². The largest absolute Gasteiger partial charge is 0.300 e. The van der Waals surface area contributed by atoms with E-state index >= 15 is 0 Å². The van der Waals surface area contributed by atoms with Gasteiger partial charge in [0.15, 0.2) is 0 Å². The van der Waals surface area contributed by atoms with Crippen molar-refractivity contribution < 1.29 is 8.42 Å². The van der Waals surface area contributed by atoms with Crippen LogP contribution in [0.2, 0.25) is 0 Å². The average molecular weight is 189 g/mol. The molecule has 0 bridgehead atoms. The first-order chi connectivity index (χ1) is 5.35. The highest BCUT2D eigenvalue weighted by Gasteiger charge is 2.11. The summed E-state index contributed by atoms with van der Waals surface area (Å²) in [5.41, 5.74) is 0. The second-order valence-corrected chi connectivity index (χ2v) is 5.23. The van der Waals surface area contributed by atoms with Crippen LogP contribution in [0.25, 0.3) is 0 Å². The molecule has 0 amide bonds. The Kier molecular flexibility index (Phi) is 4.29. The maximum Gasteiger partial charge on any atom is 0.148 e. The van der Waals surface area contributed by atoms with Crippen molar-refractivity contribution in [2.24, 2.45) is 0 Å². The number of rotatable bonds is 4. The number of nitrogens with one attached hydrogen (secondary N) is 1. The lowest BCUT2D eigenvalue weighted by molar-refractivity contribution is 0.543. The van der Waals surface area contributed by atoms with E-state index in [1.165, 1.54) is 6.26 Å². The normalized spacial score (nSPS) is 16.5. The molecular weight excluding hydrogens is 174 g/mol. The average Bonchev–Trinajstić information content (AvgIpc) is 1.82. The van der Waals surface area contributed by atoms with E-state index in [9.17, 15) is 8.42 Å². The zero-order valence-corrected chi connectivity index (χ0v) is 8.48. The molecular formula is C8H15NO2S. The molecule has 0 aromatic rings. The molecule has 0 saturated heterocycles. The first-order valence-corrected chi connectivity index (χ1v) is 5.81. The summed E-state index contributed by atoms with van der Waals surface area (Å²) in [6.45, 7) is 3.62. The van der Waals surface area contributed by atoms with Gasteiger partial charge in [-0.05, 0) is 13.8 Å². The number of terminal acetylenes is 1. The maximum absolute atomic E-state index is 10.8. The van der Waals surface area contributed by atoms with Crippen molar-refractivity contribution in [3.8, 4) is 12.3 Å². The maximum atomic E-state index is 10.8. The third-order valence-electron chi connectivity index (χ3n) is 1.34. The van der Waals surface area contributed by atoms with Gasteiger partial charge in [0, 0.05) is 12.3 Å². The van der Waals surface area contributed by atoms with Gasteiger partial charge in [-0.2, -0.15) is 0 Å². The Morgan fingerprint density at radius 2 is 2.00 bits per heavy atom. The van der Waals surface area contributed by atoms with Crippen LogP contribution in [0.4, 0.5) is 0 Å². The van der Waals surface area contributed by atoms with Crippen LogP contribution >= 0.6 is 0 Å². The minimum atomic E-state index is -2.91. The molecule has 0 aromatic carbocycles. The van der Waals surface area contributed by atoms with Gasteiger partial charge in [-0.3, -0.25) is 0 Å². The lowest BCUT2D eigenvalue weighted by Crippen LogP contribution is -2.38. The zero-order chi connectivity index (χ0) is 9.78. The molecule has 0 aromatic heterocycles. The van der Waals surface area contributed by atoms with Crippen LogP contribution in [-0.4, -0.2) is 32.5 Å². The molecule has 0 radical (unpaired) electrons. The number of hydrogen-bond acceptors (Lipinski definition) is 3. The van der Waals surface area contributed by atoms with E-state index in [4.69, 9.17) is 6.42 Å². The van der Waals surface area contributed by atoms with E-state index in [0.717, 1.165) is 0 Å². The fraction of sp³-hybridized carbons (Fsp3) is 0.750. The van der Waals surface area contributed by atoms with Crippen LogP contribution in [0.3, 0.4) is 0 Å². The molecule has 3 nitrogen and oxygen atoms in total. The van der Waals surface area contributed by atoms with Crippen LogP contribution in [-0.2, 0) is 9.84 Å². The minimum absolute atomic E-state index is 0.0817. The Morgan fingerprint density at radius 1 is 1.50 bits per heavy atom. The van der Waals surface area contributed by atoms with Gasteiger partial charge in [0.2, 0.25) is 0 Å². The molecule has 0 fully saturated rings. The van der Waals surface area contributed by atoms with Crippen LogP contribution in [0.5, 0.6) is 0 Å². The molecule has 2 atom stereocenters. The summed E-state index contributed by atoms with van der Waals surface area (Å²) in [5.74, 6) is 2.60. The number of hydrogen-bond donors (Lipinski definition) is 1. The summed E-state index contributed by atoms with van der Waals surface area (Å²) in [6, 6.07) is -0.173. The predicted molar refractivity (Wildman–Crippen MR) is 50.6 cm³/mol. The van der Waals surface area contributed by atoms with Crippen molar-refractivity contribution in [1.29, 1.82) is 0 Å². The lowest BCUT2D eigenvalue weighted by atomic mass is 10.3. The quantitative estimate of drug-likeness (QED) is 0.635. The van der Waals surface area contributed by atoms with Crippen LogP contribution in [0.15, 0.2) is 0 Å². The molecule has 0 rings (SSSR count). The van der Waals surface area contributed by atoms with Crippen molar-refractivity contribution in [2.45, 2.75) is 25.9 Å². The van der Waals surface area contributed by atoms with E-state index in [0.29, 0.717) is 0 Å². The van der Waals surface area contributed by atoms with Crippen molar-refractivity contribution >= 4 is 9.84 Å². The summed E-state index contributed by atoms with van der Waals surface area (Å²) in [5, 5.41) is 2.97. The zero-order valence-electron chi connectivity index (χ0n) is 7.66. The first-order valence-electron chi connectivity index (χ1n) is 3.75. The third-order valence-corrected chi connectivity index (χ3v) is 2.44. The monoisotopic (exact) mass is 189 g/mol. The Morgan fingerprint density at radius 3 is 2.33 bits per heavy atom. The van der Waals surface area contributed by atoms with Gasteiger partial charge < -0.3 is 5.32 Å². The molecule has 4 heteroatoms. The van der Waals surface area contributed by atoms with E-state index in [-0.39, 0.29) is 17.8 Å². The number of sulfone groups is 1. The molecule has 0 heterocycles. The fourth-order valence-corrected chi connectivity index (χ4v) is 1.98. The Hall–Kier alpha value is -0.530. The SMILES string of the molecule is C#CC(C)NC(C)CS(C)(=O)=O. The van der Waals surface area contributed by atoms with Crippen LogP contribution in [0.1, 0.15) is 13.8 Å². The van der Waals surface area contributed by atoms with Gasteiger partial charge >= 0.3 is 0 Å². The molecule has 0 aliphatic rings. The summed E-state index contributed by atoms with van der Waals surface area (Å²) in [4.78, 5) is 0. The van der Waals surface area contributed by atoms with Gasteiger partial charge in [0.1, 0.15) is 9.84 Å². The highest BCUT2D eigenvalue weighted by molar-refractivity contribution is 7.90. The van der Waals surface area contributed by atoms with Gasteiger partial charge in [0.25, 0.3) is 0 Å². The molecule has 70 valence electrons. The Balaban J connectivity index is 3.93. The fourth-order valence-electron chi connectivity index (χ4n) is 0.977. The molecule has 0 saturated carbocycles. The summed E-state index contributed by atoms with van der Waals surface area (Å²) >= 11 is 0. The van der Waals surface area contributed by atoms with Crippen molar-refractivity contribution in [3.63, 3.8) is 0 Å². The van der Waals surface area contributed by atoms with Gasteiger partial charge in [-0.1, -0.05) is 5.92 Å². The molecule has 0 aliphatic carbocycles. The Bertz CT molecular complexity index is 263. The molecule has 12 heavy (non-hydrogen) atoms. The van der Waals surface area contributed by atoms with E-state index < -0.39 is 9.84 Å². The van der Waals surface area contributed by atoms with Crippen LogP contribution in [0, 0.1) is 12.3 Å². The summed E-state index contributed by atoms with van der Waals surface area (Å²) < 4.78 is 21.6. The van der Waals surface area contributed by atoms with Gasteiger partial charge in [-0.15, -0.1) is 6.42 Å². The van der Waals surface area contributed by atoms with E-state index in [2.05, 4.69) is 11.2 Å². The van der Waals surface area contributed by atoms with E-state index in [1.807, 2.05) is 6.92 Å². The second-order valence-electron chi connectivity index (χ2n) is 3.05. The molecule has 2 unspecified atom stereocenters. The molecule has 1 N–H and O–H groups in total. The standard InChI is InChI=1S/C8H15NO2S/c1-5-7(2)9-8(3)6-12(4,10)11/h1,7-9H,6H2,2-4H3. The highest BCUT2D eigenvalue weighted by Crippen LogP contribution is 1.91. The topological polar surface area (TPSA) is 46.2 Å². The van der Waals surface area contributed by atoms with Crippen molar-refractivity contribution in [1.82, 2.24) is 5.32 Å². The van der Waals surface area contributed by atoms with Gasteiger partial charge in [0.05, 0.1) is 11.8 Å². The van der Waals surface area contributed by atoms with Gasteiger partial charge in [-0.25, -0.2) is 8.42 Å². The minimum Gasteiger partial charge on any atom is -0.300 e. The smallest absolute Gasteiger partial charge is 0.148 e. The Labute approximate surface area is 74.5 Å². The van der Waals surface area contributed by atoms with Crippen molar-refractivity contribution in [2.75, 3.05) is 12.0 Å². The molecule has 0 spiro atoms. The lowest BCUT2D eigenvalue weighted by Gasteiger charge is -2.14. The summed E-state index contributed by atoms with van der Waals surface area (Å²) in [7, 11) is -2.91. The second kappa shape index (κ2) is 4.48. The highest BCUT2D eigenvalue weighted by atomic mass is 32.2. The first kappa shape index (κ1) is 11.5. The molecule has 0 aliphatic heterocycles.